The number of fused-ring (bicyclic) bond motifs is 1. The molecular formula is C18H23N3O4. The monoisotopic (exact) mass is 345 g/mol. The van der Waals surface area contributed by atoms with Crippen molar-refractivity contribution in [1.29, 1.82) is 0 Å². The summed E-state index contributed by atoms with van der Waals surface area (Å²) in [4.78, 5) is 38.0. The third-order valence-electron chi connectivity index (χ3n) is 4.29. The Bertz CT molecular complexity index is 696. The van der Waals surface area contributed by atoms with Crippen molar-refractivity contribution < 1.29 is 19.1 Å². The first kappa shape index (κ1) is 17.4. The number of ether oxygens (including phenoxy) is 1. The number of nitrogens with one attached hydrogen (secondary N) is 2. The van der Waals surface area contributed by atoms with E-state index in [0.29, 0.717) is 29.9 Å². The van der Waals surface area contributed by atoms with Crippen LogP contribution >= 0.6 is 0 Å². The quantitative estimate of drug-likeness (QED) is 0.801. The highest BCUT2D eigenvalue weighted by Crippen LogP contribution is 2.26. The number of hydrogen-bond donors (Lipinski definition) is 2. The molecule has 0 saturated carbocycles. The maximum Gasteiger partial charge on any atom is 0.319 e. The van der Waals surface area contributed by atoms with Gasteiger partial charge in [-0.05, 0) is 37.0 Å². The van der Waals surface area contributed by atoms with Crippen molar-refractivity contribution in [3.05, 3.63) is 29.3 Å². The van der Waals surface area contributed by atoms with E-state index in [4.69, 9.17) is 4.74 Å². The SMILES string of the molecule is CC(C)CN1C(=O)c2ccc(NC(=O)NCC3CCCO3)cc2C1=O. The van der Waals surface area contributed by atoms with Gasteiger partial charge >= 0.3 is 6.03 Å². The summed E-state index contributed by atoms with van der Waals surface area (Å²) in [5.74, 6) is -0.386. The fraction of sp³-hybridized carbons (Fsp3) is 0.500. The molecule has 4 amide bonds. The van der Waals surface area contributed by atoms with Crippen LogP contribution in [0.4, 0.5) is 10.5 Å². The van der Waals surface area contributed by atoms with Gasteiger partial charge in [-0.15, -0.1) is 0 Å². The first-order chi connectivity index (χ1) is 12.0. The van der Waals surface area contributed by atoms with Gasteiger partial charge in [0.25, 0.3) is 11.8 Å². The second-order valence-electron chi connectivity index (χ2n) is 6.85. The predicted octanol–water partition coefficient (Wildman–Crippen LogP) is 2.24. The number of imide groups is 1. The molecule has 1 atom stereocenters. The molecule has 7 heteroatoms. The summed E-state index contributed by atoms with van der Waals surface area (Å²) in [7, 11) is 0. The van der Waals surface area contributed by atoms with Gasteiger partial charge in [0.05, 0.1) is 17.2 Å². The van der Waals surface area contributed by atoms with Crippen LogP contribution in [0.25, 0.3) is 0 Å². The molecule has 7 nitrogen and oxygen atoms in total. The lowest BCUT2D eigenvalue weighted by atomic mass is 10.1. The molecule has 134 valence electrons. The molecule has 0 aromatic heterocycles. The van der Waals surface area contributed by atoms with Gasteiger partial charge in [-0.3, -0.25) is 14.5 Å². The van der Waals surface area contributed by atoms with Crippen molar-refractivity contribution in [2.24, 2.45) is 5.92 Å². The van der Waals surface area contributed by atoms with Gasteiger partial charge in [0.2, 0.25) is 0 Å². The Labute approximate surface area is 146 Å². The summed E-state index contributed by atoms with van der Waals surface area (Å²) in [6.45, 7) is 5.49. The zero-order valence-electron chi connectivity index (χ0n) is 14.5. The largest absolute Gasteiger partial charge is 0.376 e. The molecule has 1 aromatic carbocycles. The zero-order chi connectivity index (χ0) is 18.0. The average Bonchev–Trinajstić information content (AvgIpc) is 3.16. The smallest absolute Gasteiger partial charge is 0.319 e. The Hall–Kier alpha value is -2.41. The van der Waals surface area contributed by atoms with E-state index in [9.17, 15) is 14.4 Å². The number of carbonyl (C=O) groups is 3. The summed E-state index contributed by atoms with van der Waals surface area (Å²) < 4.78 is 5.45. The Morgan fingerprint density at radius 1 is 1.28 bits per heavy atom. The number of carbonyl (C=O) groups excluding carboxylic acids is 3. The van der Waals surface area contributed by atoms with E-state index in [1.807, 2.05) is 13.8 Å². The normalized spacial score (nSPS) is 19.5. The molecule has 0 aliphatic carbocycles. The van der Waals surface area contributed by atoms with Gasteiger partial charge in [-0.1, -0.05) is 13.8 Å². The highest BCUT2D eigenvalue weighted by molar-refractivity contribution is 6.21. The Morgan fingerprint density at radius 3 is 2.72 bits per heavy atom. The molecule has 1 fully saturated rings. The molecule has 1 aromatic rings. The number of hydrogen-bond acceptors (Lipinski definition) is 4. The fourth-order valence-electron chi connectivity index (χ4n) is 3.09. The maximum absolute atomic E-state index is 12.4. The Balaban J connectivity index is 1.64. The van der Waals surface area contributed by atoms with Gasteiger partial charge in [0.15, 0.2) is 0 Å². The van der Waals surface area contributed by atoms with Crippen molar-refractivity contribution in [3.63, 3.8) is 0 Å². The molecule has 0 radical (unpaired) electrons. The summed E-state index contributed by atoms with van der Waals surface area (Å²) in [5.41, 5.74) is 1.20. The van der Waals surface area contributed by atoms with Crippen LogP contribution in [0.15, 0.2) is 18.2 Å². The minimum absolute atomic E-state index is 0.0644. The van der Waals surface area contributed by atoms with E-state index in [0.717, 1.165) is 19.4 Å². The van der Waals surface area contributed by atoms with Crippen LogP contribution in [-0.2, 0) is 4.74 Å². The third-order valence-corrected chi connectivity index (χ3v) is 4.29. The van der Waals surface area contributed by atoms with Gasteiger partial charge in [0, 0.05) is 25.4 Å². The van der Waals surface area contributed by atoms with E-state index in [2.05, 4.69) is 10.6 Å². The number of anilines is 1. The van der Waals surface area contributed by atoms with E-state index in [-0.39, 0.29) is 29.9 Å². The van der Waals surface area contributed by atoms with E-state index in [1.54, 1.807) is 18.2 Å². The van der Waals surface area contributed by atoms with E-state index >= 15 is 0 Å². The van der Waals surface area contributed by atoms with Gasteiger partial charge < -0.3 is 15.4 Å². The minimum Gasteiger partial charge on any atom is -0.376 e. The zero-order valence-corrected chi connectivity index (χ0v) is 14.5. The summed E-state index contributed by atoms with van der Waals surface area (Å²) in [6.07, 6.45) is 2.03. The Morgan fingerprint density at radius 2 is 2.04 bits per heavy atom. The van der Waals surface area contributed by atoms with Crippen molar-refractivity contribution in [3.8, 4) is 0 Å². The molecule has 25 heavy (non-hydrogen) atoms. The van der Waals surface area contributed by atoms with Crippen LogP contribution in [0.1, 0.15) is 47.4 Å². The molecule has 0 spiro atoms. The van der Waals surface area contributed by atoms with Crippen LogP contribution in [0.3, 0.4) is 0 Å². The molecule has 2 N–H and O–H groups in total. The van der Waals surface area contributed by atoms with Gasteiger partial charge in [-0.25, -0.2) is 4.79 Å². The highest BCUT2D eigenvalue weighted by atomic mass is 16.5. The molecule has 2 aliphatic heterocycles. The van der Waals surface area contributed by atoms with Crippen LogP contribution in [0, 0.1) is 5.92 Å². The molecule has 3 rings (SSSR count). The van der Waals surface area contributed by atoms with E-state index < -0.39 is 0 Å². The minimum atomic E-state index is -0.355. The van der Waals surface area contributed by atoms with Crippen LogP contribution < -0.4 is 10.6 Å². The standard InChI is InChI=1S/C18H23N3O4/c1-11(2)10-21-16(22)14-6-5-12(8-15(14)17(21)23)20-18(24)19-9-13-4-3-7-25-13/h5-6,8,11,13H,3-4,7,9-10H2,1-2H3,(H2,19,20,24). The van der Waals surface area contributed by atoms with Crippen LogP contribution in [0.5, 0.6) is 0 Å². The third kappa shape index (κ3) is 3.82. The first-order valence-corrected chi connectivity index (χ1v) is 8.62. The topological polar surface area (TPSA) is 87.7 Å². The first-order valence-electron chi connectivity index (χ1n) is 8.62. The number of benzene rings is 1. The summed E-state index contributed by atoms with van der Waals surface area (Å²) in [6, 6.07) is 4.42. The lowest BCUT2D eigenvalue weighted by Crippen LogP contribution is -2.35. The van der Waals surface area contributed by atoms with Crippen molar-refractivity contribution in [2.75, 3.05) is 25.0 Å². The lowest BCUT2D eigenvalue weighted by molar-refractivity contribution is 0.0636. The molecule has 2 heterocycles. The van der Waals surface area contributed by atoms with Crippen molar-refractivity contribution in [1.82, 2.24) is 10.2 Å². The number of rotatable bonds is 5. The molecule has 1 unspecified atom stereocenters. The second-order valence-corrected chi connectivity index (χ2v) is 6.85. The van der Waals surface area contributed by atoms with Crippen molar-refractivity contribution >= 4 is 23.5 Å². The second kappa shape index (κ2) is 7.23. The van der Waals surface area contributed by atoms with E-state index in [1.165, 1.54) is 4.90 Å². The van der Waals surface area contributed by atoms with Crippen molar-refractivity contribution in [2.45, 2.75) is 32.8 Å². The average molecular weight is 345 g/mol. The lowest BCUT2D eigenvalue weighted by Gasteiger charge is -2.15. The van der Waals surface area contributed by atoms with Crippen LogP contribution in [-0.4, -0.2) is 48.5 Å². The van der Waals surface area contributed by atoms with Gasteiger partial charge in [0.1, 0.15) is 0 Å². The summed E-state index contributed by atoms with van der Waals surface area (Å²) in [5, 5.41) is 5.46. The molecule has 1 saturated heterocycles. The highest BCUT2D eigenvalue weighted by Gasteiger charge is 2.35. The number of amides is 4. The molecular weight excluding hydrogens is 322 g/mol. The fourth-order valence-corrected chi connectivity index (χ4v) is 3.09. The maximum atomic E-state index is 12.4. The Kier molecular flexibility index (Phi) is 5.03. The molecule has 0 bridgehead atoms. The predicted molar refractivity (Wildman–Crippen MR) is 92.6 cm³/mol. The van der Waals surface area contributed by atoms with Crippen LogP contribution in [0.2, 0.25) is 0 Å². The number of urea groups is 1. The van der Waals surface area contributed by atoms with Gasteiger partial charge in [-0.2, -0.15) is 0 Å². The number of nitrogens with zero attached hydrogens (tertiary/aromatic N) is 1. The molecule has 2 aliphatic rings. The summed E-state index contributed by atoms with van der Waals surface area (Å²) >= 11 is 0.